The van der Waals surface area contributed by atoms with Crippen molar-refractivity contribution in [3.05, 3.63) is 84.7 Å². The van der Waals surface area contributed by atoms with Gasteiger partial charge in [0.15, 0.2) is 0 Å². The highest BCUT2D eigenvalue weighted by Gasteiger charge is 2.27. The fourth-order valence-corrected chi connectivity index (χ4v) is 4.20. The number of hydrogen-bond acceptors (Lipinski definition) is 4. The van der Waals surface area contributed by atoms with Crippen LogP contribution in [-0.2, 0) is 14.8 Å². The van der Waals surface area contributed by atoms with Crippen LogP contribution in [0.2, 0.25) is 0 Å². The highest BCUT2D eigenvalue weighted by molar-refractivity contribution is 7.92. The molecule has 0 bridgehead atoms. The molecule has 0 atom stereocenters. The van der Waals surface area contributed by atoms with Gasteiger partial charge in [-0.2, -0.15) is 0 Å². The summed E-state index contributed by atoms with van der Waals surface area (Å²) in [7, 11) is -4.12. The quantitative estimate of drug-likeness (QED) is 0.587. The van der Waals surface area contributed by atoms with Gasteiger partial charge in [-0.3, -0.25) is 9.10 Å². The molecule has 0 saturated heterocycles. The fraction of sp³-hybridized carbons (Fsp3) is 0.136. The number of amides is 1. The fourth-order valence-electron chi connectivity index (χ4n) is 2.78. The first kappa shape index (κ1) is 21.3. The summed E-state index contributed by atoms with van der Waals surface area (Å²) in [4.78, 5) is 12.5. The zero-order chi connectivity index (χ0) is 21.6. The molecular weight excluding hydrogens is 407 g/mol. The average molecular weight is 428 g/mol. The van der Waals surface area contributed by atoms with E-state index in [0.717, 1.165) is 16.4 Å². The molecule has 0 heterocycles. The van der Waals surface area contributed by atoms with Crippen LogP contribution in [0.4, 0.5) is 15.8 Å². The second kappa shape index (κ2) is 9.41. The van der Waals surface area contributed by atoms with Crippen LogP contribution in [0.1, 0.15) is 6.92 Å². The molecule has 156 valence electrons. The summed E-state index contributed by atoms with van der Waals surface area (Å²) in [6.45, 7) is 1.85. The molecule has 0 aliphatic rings. The van der Waals surface area contributed by atoms with E-state index in [0.29, 0.717) is 18.0 Å². The number of halogens is 1. The maximum absolute atomic E-state index is 13.3. The number of para-hydroxylation sites is 1. The molecule has 0 fully saturated rings. The Morgan fingerprint density at radius 3 is 2.20 bits per heavy atom. The Bertz CT molecular complexity index is 1090. The number of anilines is 2. The SMILES string of the molecule is CCOc1ccc(N(CC(=O)Nc2ccccc2)S(=O)(=O)c2ccc(F)cc2)cc1. The van der Waals surface area contributed by atoms with E-state index in [4.69, 9.17) is 4.74 Å². The molecule has 8 heteroatoms. The van der Waals surface area contributed by atoms with E-state index in [1.54, 1.807) is 54.6 Å². The minimum absolute atomic E-state index is 0.120. The normalized spacial score (nSPS) is 11.0. The summed E-state index contributed by atoms with van der Waals surface area (Å²) < 4.78 is 46.1. The lowest BCUT2D eigenvalue weighted by Gasteiger charge is -2.24. The molecule has 0 unspecified atom stereocenters. The maximum atomic E-state index is 13.3. The number of nitrogens with one attached hydrogen (secondary N) is 1. The monoisotopic (exact) mass is 428 g/mol. The zero-order valence-corrected chi connectivity index (χ0v) is 17.1. The van der Waals surface area contributed by atoms with E-state index >= 15 is 0 Å². The van der Waals surface area contributed by atoms with E-state index in [1.807, 2.05) is 6.92 Å². The zero-order valence-electron chi connectivity index (χ0n) is 16.3. The summed E-state index contributed by atoms with van der Waals surface area (Å²) >= 11 is 0. The van der Waals surface area contributed by atoms with E-state index in [-0.39, 0.29) is 10.6 Å². The summed E-state index contributed by atoms with van der Waals surface area (Å²) in [5.74, 6) is -0.488. The molecule has 0 saturated carbocycles. The Hall–Kier alpha value is -3.39. The van der Waals surface area contributed by atoms with Crippen LogP contribution in [-0.4, -0.2) is 27.5 Å². The largest absolute Gasteiger partial charge is 0.494 e. The van der Waals surface area contributed by atoms with Crippen LogP contribution in [0.25, 0.3) is 0 Å². The molecule has 0 radical (unpaired) electrons. The van der Waals surface area contributed by atoms with Crippen molar-refractivity contribution in [2.45, 2.75) is 11.8 Å². The molecule has 30 heavy (non-hydrogen) atoms. The number of carbonyl (C=O) groups is 1. The topological polar surface area (TPSA) is 75.7 Å². The van der Waals surface area contributed by atoms with Crippen LogP contribution >= 0.6 is 0 Å². The molecule has 0 spiro atoms. The predicted molar refractivity (Wildman–Crippen MR) is 114 cm³/mol. The molecule has 1 N–H and O–H groups in total. The van der Waals surface area contributed by atoms with Crippen molar-refractivity contribution in [2.75, 3.05) is 22.8 Å². The Balaban J connectivity index is 1.93. The minimum Gasteiger partial charge on any atom is -0.494 e. The van der Waals surface area contributed by atoms with Gasteiger partial charge in [0.2, 0.25) is 5.91 Å². The second-order valence-electron chi connectivity index (χ2n) is 6.31. The Morgan fingerprint density at radius 1 is 0.967 bits per heavy atom. The average Bonchev–Trinajstić information content (AvgIpc) is 2.74. The smallest absolute Gasteiger partial charge is 0.264 e. The van der Waals surface area contributed by atoms with Crippen LogP contribution in [0, 0.1) is 5.82 Å². The lowest BCUT2D eigenvalue weighted by atomic mass is 10.3. The van der Waals surface area contributed by atoms with E-state index in [9.17, 15) is 17.6 Å². The molecular formula is C22H21FN2O4S. The highest BCUT2D eigenvalue weighted by Crippen LogP contribution is 2.26. The molecule has 3 aromatic rings. The van der Waals surface area contributed by atoms with Crippen molar-refractivity contribution >= 4 is 27.3 Å². The maximum Gasteiger partial charge on any atom is 0.264 e. The summed E-state index contributed by atoms with van der Waals surface area (Å²) in [6, 6.07) is 19.6. The predicted octanol–water partition coefficient (Wildman–Crippen LogP) is 4.06. The number of sulfonamides is 1. The van der Waals surface area contributed by atoms with E-state index in [2.05, 4.69) is 5.32 Å². The van der Waals surface area contributed by atoms with Gasteiger partial charge >= 0.3 is 0 Å². The molecule has 0 aliphatic carbocycles. The number of ether oxygens (including phenoxy) is 1. The van der Waals surface area contributed by atoms with Gasteiger partial charge in [0, 0.05) is 5.69 Å². The van der Waals surface area contributed by atoms with Gasteiger partial charge in [-0.15, -0.1) is 0 Å². The Morgan fingerprint density at radius 2 is 1.60 bits per heavy atom. The molecule has 1 amide bonds. The summed E-state index contributed by atoms with van der Waals surface area (Å²) in [5.41, 5.74) is 0.833. The van der Waals surface area contributed by atoms with Crippen molar-refractivity contribution in [2.24, 2.45) is 0 Å². The van der Waals surface area contributed by atoms with Gasteiger partial charge < -0.3 is 10.1 Å². The van der Waals surface area contributed by atoms with Gasteiger partial charge in [0.25, 0.3) is 10.0 Å². The first-order chi connectivity index (χ1) is 14.4. The van der Waals surface area contributed by atoms with Gasteiger partial charge in [-0.1, -0.05) is 18.2 Å². The van der Waals surface area contributed by atoms with Crippen molar-refractivity contribution in [1.29, 1.82) is 0 Å². The first-order valence-corrected chi connectivity index (χ1v) is 10.7. The molecule has 3 aromatic carbocycles. The van der Waals surface area contributed by atoms with Crippen molar-refractivity contribution in [1.82, 2.24) is 0 Å². The number of benzene rings is 3. The first-order valence-electron chi connectivity index (χ1n) is 9.26. The highest BCUT2D eigenvalue weighted by atomic mass is 32.2. The molecule has 0 aliphatic heterocycles. The third kappa shape index (κ3) is 5.15. The second-order valence-corrected chi connectivity index (χ2v) is 8.17. The van der Waals surface area contributed by atoms with Crippen LogP contribution in [0.15, 0.2) is 83.8 Å². The molecule has 3 rings (SSSR count). The lowest BCUT2D eigenvalue weighted by molar-refractivity contribution is -0.114. The number of nitrogens with zero attached hydrogens (tertiary/aromatic N) is 1. The third-order valence-corrected chi connectivity index (χ3v) is 5.97. The number of rotatable bonds is 8. The Kier molecular flexibility index (Phi) is 6.68. The van der Waals surface area contributed by atoms with Crippen LogP contribution in [0.5, 0.6) is 5.75 Å². The van der Waals surface area contributed by atoms with Crippen molar-refractivity contribution < 1.29 is 22.3 Å². The van der Waals surface area contributed by atoms with Gasteiger partial charge in [0.1, 0.15) is 18.1 Å². The summed E-state index contributed by atoms with van der Waals surface area (Å²) in [6.07, 6.45) is 0. The number of carbonyl (C=O) groups excluding carboxylic acids is 1. The lowest BCUT2D eigenvalue weighted by Crippen LogP contribution is -2.38. The van der Waals surface area contributed by atoms with Crippen LogP contribution < -0.4 is 14.4 Å². The van der Waals surface area contributed by atoms with Crippen LogP contribution in [0.3, 0.4) is 0 Å². The van der Waals surface area contributed by atoms with E-state index < -0.39 is 28.3 Å². The third-order valence-electron chi connectivity index (χ3n) is 4.18. The molecule has 6 nitrogen and oxygen atoms in total. The van der Waals surface area contributed by atoms with Crippen molar-refractivity contribution in [3.8, 4) is 5.75 Å². The standard InChI is InChI=1S/C22H21FN2O4S/c1-2-29-20-12-10-19(11-13-20)25(16-22(26)24-18-6-4-3-5-7-18)30(27,28)21-14-8-17(23)9-15-21/h3-15H,2,16H2,1H3,(H,24,26). The van der Waals surface area contributed by atoms with Gasteiger partial charge in [0.05, 0.1) is 17.2 Å². The van der Waals surface area contributed by atoms with E-state index in [1.165, 1.54) is 12.1 Å². The summed E-state index contributed by atoms with van der Waals surface area (Å²) in [5, 5.41) is 2.68. The molecule has 0 aromatic heterocycles. The minimum atomic E-state index is -4.12. The number of hydrogen-bond donors (Lipinski definition) is 1. The van der Waals surface area contributed by atoms with Crippen molar-refractivity contribution in [3.63, 3.8) is 0 Å². The van der Waals surface area contributed by atoms with Gasteiger partial charge in [-0.25, -0.2) is 12.8 Å². The van der Waals surface area contributed by atoms with Gasteiger partial charge in [-0.05, 0) is 67.6 Å². The Labute approximate surface area is 175 Å².